The van der Waals surface area contributed by atoms with E-state index in [1.165, 1.54) is 6.42 Å². The summed E-state index contributed by atoms with van der Waals surface area (Å²) in [7, 11) is 0. The highest BCUT2D eigenvalue weighted by Gasteiger charge is 2.25. The van der Waals surface area contributed by atoms with Crippen molar-refractivity contribution in [3.8, 4) is 0 Å². The molecule has 1 aliphatic carbocycles. The van der Waals surface area contributed by atoms with Crippen molar-refractivity contribution in [2.75, 3.05) is 45.8 Å². The van der Waals surface area contributed by atoms with Crippen molar-refractivity contribution in [1.29, 1.82) is 0 Å². The van der Waals surface area contributed by atoms with Crippen LogP contribution in [0.15, 0.2) is 0 Å². The molecule has 1 saturated carbocycles. The van der Waals surface area contributed by atoms with E-state index in [9.17, 15) is 33.6 Å². The van der Waals surface area contributed by atoms with E-state index in [0.717, 1.165) is 103 Å². The van der Waals surface area contributed by atoms with Crippen LogP contribution in [0.25, 0.3) is 0 Å². The summed E-state index contributed by atoms with van der Waals surface area (Å²) in [6.07, 6.45) is 19.7. The van der Waals surface area contributed by atoms with Gasteiger partial charge in [-0.15, -0.1) is 0 Å². The first-order valence-electron chi connectivity index (χ1n) is 27.4. The Kier molecular flexibility index (Phi) is 35.6. The summed E-state index contributed by atoms with van der Waals surface area (Å²) in [6.45, 7) is 16.7. The van der Waals surface area contributed by atoms with Crippen molar-refractivity contribution < 1.29 is 33.6 Å². The summed E-state index contributed by atoms with van der Waals surface area (Å²) in [5.41, 5.74) is 12.5. The van der Waals surface area contributed by atoms with Crippen LogP contribution in [0.1, 0.15) is 209 Å². The summed E-state index contributed by atoms with van der Waals surface area (Å²) in [4.78, 5) is 92.9. The molecule has 0 radical (unpaired) electrons. The smallest absolute Gasteiger partial charge is 0.242 e. The van der Waals surface area contributed by atoms with Gasteiger partial charge in [-0.05, 0) is 94.8 Å². The van der Waals surface area contributed by atoms with Gasteiger partial charge in [-0.3, -0.25) is 33.6 Å². The molecule has 16 nitrogen and oxygen atoms in total. The van der Waals surface area contributed by atoms with Gasteiger partial charge in [0.15, 0.2) is 0 Å². The number of unbranched alkanes of at least 4 members (excludes halogenated alkanes) is 9. The lowest BCUT2D eigenvalue weighted by Crippen LogP contribution is -2.50. The third-order valence-electron chi connectivity index (χ3n) is 12.5. The maximum Gasteiger partial charge on any atom is 0.242 e. The van der Waals surface area contributed by atoms with Crippen LogP contribution in [-0.2, 0) is 33.6 Å². The van der Waals surface area contributed by atoms with Crippen molar-refractivity contribution in [2.45, 2.75) is 233 Å². The van der Waals surface area contributed by atoms with E-state index in [4.69, 9.17) is 11.5 Å². The second-order valence-electron chi connectivity index (χ2n) is 21.2. The Hall–Kier alpha value is -3.79. The molecule has 9 N–H and O–H groups in total. The van der Waals surface area contributed by atoms with E-state index < -0.39 is 6.04 Å². The predicted octanol–water partition coefficient (Wildman–Crippen LogP) is 6.37. The number of carbonyl (C=O) groups excluding carboxylic acids is 7. The van der Waals surface area contributed by atoms with Crippen LogP contribution in [0.4, 0.5) is 0 Å². The molecule has 7 amide bonds. The quantitative estimate of drug-likeness (QED) is 0.0337. The van der Waals surface area contributed by atoms with Gasteiger partial charge >= 0.3 is 0 Å². The van der Waals surface area contributed by atoms with Gasteiger partial charge in [0.1, 0.15) is 6.04 Å². The van der Waals surface area contributed by atoms with Gasteiger partial charge in [-0.25, -0.2) is 0 Å². The summed E-state index contributed by atoms with van der Waals surface area (Å²) < 4.78 is 0. The zero-order chi connectivity index (χ0) is 51.4. The zero-order valence-corrected chi connectivity index (χ0v) is 44.6. The fourth-order valence-electron chi connectivity index (χ4n) is 8.96. The molecular formula is C53H101N9O7. The minimum Gasteiger partial charge on any atom is -0.356 e. The summed E-state index contributed by atoms with van der Waals surface area (Å²) >= 11 is 0. The number of nitrogens with two attached hydrogens (primary N) is 2. The van der Waals surface area contributed by atoms with Gasteiger partial charge in [0.2, 0.25) is 41.4 Å². The Balaban J connectivity index is 2.35. The SMILES string of the molecule is CCCC(=O)N(CC(=O)NCCCCCCCC(=O)N[C@@H](CCCCNC(=O)CCCCCCCNC(=O)CN(C[C@@H](N)CC(C)C)C(=O)CC(C)C)C(=O)NC1CCCCC1)C[C@@H](N)CC(C)C. The van der Waals surface area contributed by atoms with Crippen LogP contribution in [0, 0.1) is 17.8 Å². The van der Waals surface area contributed by atoms with E-state index in [-0.39, 0.29) is 78.5 Å². The molecule has 0 saturated heterocycles. The minimum atomic E-state index is -0.613. The molecule has 0 heterocycles. The van der Waals surface area contributed by atoms with Crippen LogP contribution < -0.4 is 38.1 Å². The molecule has 400 valence electrons. The number of amides is 7. The molecule has 69 heavy (non-hydrogen) atoms. The molecule has 3 atom stereocenters. The molecular weight excluding hydrogens is 875 g/mol. The highest BCUT2D eigenvalue weighted by Crippen LogP contribution is 2.18. The van der Waals surface area contributed by atoms with Crippen molar-refractivity contribution >= 4 is 41.4 Å². The molecule has 16 heteroatoms. The zero-order valence-electron chi connectivity index (χ0n) is 44.6. The Morgan fingerprint density at radius 2 is 0.971 bits per heavy atom. The summed E-state index contributed by atoms with van der Waals surface area (Å²) in [5.74, 6) is 0.361. The highest BCUT2D eigenvalue weighted by molar-refractivity contribution is 5.88. The lowest BCUT2D eigenvalue weighted by atomic mass is 9.95. The van der Waals surface area contributed by atoms with Crippen LogP contribution >= 0.6 is 0 Å². The van der Waals surface area contributed by atoms with Crippen LogP contribution in [-0.4, -0.2) is 121 Å². The second-order valence-corrected chi connectivity index (χ2v) is 21.2. The molecule has 0 spiro atoms. The fraction of sp³-hybridized carbons (Fsp3) is 0.868. The van der Waals surface area contributed by atoms with Crippen LogP contribution in [0.5, 0.6) is 0 Å². The van der Waals surface area contributed by atoms with Gasteiger partial charge < -0.3 is 47.9 Å². The Morgan fingerprint density at radius 1 is 0.522 bits per heavy atom. The monoisotopic (exact) mass is 976 g/mol. The topological polar surface area (TPSA) is 238 Å². The average Bonchev–Trinajstić information content (AvgIpc) is 3.26. The number of hydrogen-bond acceptors (Lipinski definition) is 9. The van der Waals surface area contributed by atoms with Crippen molar-refractivity contribution in [2.24, 2.45) is 29.2 Å². The lowest BCUT2D eigenvalue weighted by molar-refractivity contribution is -0.137. The first-order valence-corrected chi connectivity index (χ1v) is 27.4. The molecule has 1 aliphatic rings. The first-order chi connectivity index (χ1) is 32.9. The lowest BCUT2D eigenvalue weighted by Gasteiger charge is -2.27. The number of nitrogens with zero attached hydrogens (tertiary/aromatic N) is 2. The van der Waals surface area contributed by atoms with Gasteiger partial charge in [-0.1, -0.05) is 106 Å². The Bertz CT molecular complexity index is 1460. The Labute approximate surface area is 418 Å². The first kappa shape index (κ1) is 63.2. The number of nitrogens with one attached hydrogen (secondary N) is 5. The highest BCUT2D eigenvalue weighted by atomic mass is 16.2. The number of rotatable bonds is 40. The van der Waals surface area contributed by atoms with Crippen molar-refractivity contribution in [3.05, 3.63) is 0 Å². The molecule has 0 bridgehead atoms. The molecule has 0 aromatic rings. The molecule has 0 aromatic carbocycles. The third-order valence-corrected chi connectivity index (χ3v) is 12.5. The molecule has 0 aromatic heterocycles. The number of carbonyl (C=O) groups is 7. The summed E-state index contributed by atoms with van der Waals surface area (Å²) in [5, 5.41) is 15.1. The normalized spacial score (nSPS) is 14.3. The predicted molar refractivity (Wildman–Crippen MR) is 278 cm³/mol. The standard InChI is InChI=1S/C53H101N9O7/c1-8-24-51(67)61(36-43(54)33-40(2)3)38-49(65)57-30-22-14-10-12-19-29-48(64)60-46(53(69)59-45-25-16-15-17-26-45)27-20-23-32-56-47(63)28-18-11-9-13-21-31-58-50(66)39-62(52(68)35-42(6)7)37-44(55)34-41(4)5/h40-46H,8-39,54-55H2,1-7H3,(H,56,63)(H,57,65)(H,58,66)(H,59,69)(H,60,64)/t43-,44-,46-/m0/s1. The van der Waals surface area contributed by atoms with Gasteiger partial charge in [0.25, 0.3) is 0 Å². The van der Waals surface area contributed by atoms with Gasteiger partial charge in [0.05, 0.1) is 13.1 Å². The molecule has 1 rings (SSSR count). The minimum absolute atomic E-state index is 0.0111. The average molecular weight is 976 g/mol. The van der Waals surface area contributed by atoms with E-state index >= 15 is 0 Å². The maximum absolute atomic E-state index is 13.4. The van der Waals surface area contributed by atoms with E-state index in [0.29, 0.717) is 95.9 Å². The van der Waals surface area contributed by atoms with Gasteiger partial charge in [0, 0.05) is 76.5 Å². The molecule has 0 unspecified atom stereocenters. The van der Waals surface area contributed by atoms with Gasteiger partial charge in [-0.2, -0.15) is 0 Å². The second kappa shape index (κ2) is 38.9. The molecule has 1 fully saturated rings. The third kappa shape index (κ3) is 34.2. The largest absolute Gasteiger partial charge is 0.356 e. The van der Waals surface area contributed by atoms with Crippen LogP contribution in [0.3, 0.4) is 0 Å². The van der Waals surface area contributed by atoms with Crippen molar-refractivity contribution in [1.82, 2.24) is 36.4 Å². The molecule has 0 aliphatic heterocycles. The van der Waals surface area contributed by atoms with E-state index in [1.807, 2.05) is 20.8 Å². The van der Waals surface area contributed by atoms with E-state index in [1.54, 1.807) is 9.80 Å². The van der Waals surface area contributed by atoms with Crippen molar-refractivity contribution in [3.63, 3.8) is 0 Å². The fourth-order valence-corrected chi connectivity index (χ4v) is 8.96. The van der Waals surface area contributed by atoms with Crippen LogP contribution in [0.2, 0.25) is 0 Å². The summed E-state index contributed by atoms with van der Waals surface area (Å²) in [6, 6.07) is -0.800. The maximum atomic E-state index is 13.4. The van der Waals surface area contributed by atoms with E-state index in [2.05, 4.69) is 54.3 Å². The Morgan fingerprint density at radius 3 is 1.46 bits per heavy atom. The number of hydrogen-bond donors (Lipinski definition) is 7.